The summed E-state index contributed by atoms with van der Waals surface area (Å²) < 4.78 is 3.06. The molecule has 0 aliphatic carbocycles. The van der Waals surface area contributed by atoms with Crippen LogP contribution in [-0.2, 0) is 0 Å². The minimum atomic E-state index is 0. The van der Waals surface area contributed by atoms with Crippen LogP contribution in [0.5, 0.6) is 11.8 Å². The second-order valence-electron chi connectivity index (χ2n) is 9.54. The van der Waals surface area contributed by atoms with Crippen LogP contribution in [0.4, 0.5) is 0 Å². The van der Waals surface area contributed by atoms with E-state index in [4.69, 9.17) is 10.2 Å². The average Bonchev–Trinajstić information content (AvgIpc) is 3.51. The van der Waals surface area contributed by atoms with Gasteiger partial charge in [0, 0.05) is 0 Å². The predicted molar refractivity (Wildman–Crippen MR) is 179 cm³/mol. The molecule has 0 aliphatic rings. The van der Waals surface area contributed by atoms with Crippen LogP contribution in [0.15, 0.2) is 121 Å². The zero-order chi connectivity index (χ0) is 29.6. The van der Waals surface area contributed by atoms with Gasteiger partial charge in [-0.05, 0) is 62.4 Å². The average molecular weight is 695 g/mol. The third-order valence-electron chi connectivity index (χ3n) is 6.69. The first-order chi connectivity index (χ1) is 20.4. The Balaban J connectivity index is 0.000000230. The number of aryl methyl sites for hydroxylation is 2. The maximum absolute atomic E-state index is 10.5. The molecular formula is C35H36N4O4Sn+3. The van der Waals surface area contributed by atoms with Gasteiger partial charge in [-0.25, -0.2) is 0 Å². The Bertz CT molecular complexity index is 1700. The van der Waals surface area contributed by atoms with Crippen LogP contribution < -0.4 is 0 Å². The van der Waals surface area contributed by atoms with E-state index in [0.29, 0.717) is 33.6 Å². The van der Waals surface area contributed by atoms with Crippen LogP contribution in [0.3, 0.4) is 0 Å². The summed E-state index contributed by atoms with van der Waals surface area (Å²) in [4.78, 5) is 20.9. The van der Waals surface area contributed by atoms with E-state index >= 15 is 0 Å². The van der Waals surface area contributed by atoms with E-state index in [2.05, 4.69) is 10.2 Å². The third kappa shape index (κ3) is 6.98. The maximum atomic E-state index is 10.5. The van der Waals surface area contributed by atoms with E-state index in [9.17, 15) is 9.59 Å². The number of benzene rings is 4. The van der Waals surface area contributed by atoms with Gasteiger partial charge in [-0.1, -0.05) is 72.8 Å². The second-order valence-corrected chi connectivity index (χ2v) is 9.54. The molecule has 0 atom stereocenters. The van der Waals surface area contributed by atoms with E-state index in [1.54, 1.807) is 13.8 Å². The van der Waals surface area contributed by atoms with Crippen LogP contribution in [0.2, 0.25) is 0 Å². The van der Waals surface area contributed by atoms with Crippen molar-refractivity contribution in [3.8, 4) is 23.1 Å². The number of rotatable bonds is 6. The normalized spacial score (nSPS) is 10.0. The summed E-state index contributed by atoms with van der Waals surface area (Å²) >= 11 is 0. The van der Waals surface area contributed by atoms with Gasteiger partial charge in [0.1, 0.15) is 0 Å². The van der Waals surface area contributed by atoms with Crippen molar-refractivity contribution in [3.05, 3.63) is 162 Å². The summed E-state index contributed by atoms with van der Waals surface area (Å²) in [5, 5.41) is 25.4. The predicted octanol–water partition coefficient (Wildman–Crippen LogP) is 4.92. The van der Waals surface area contributed by atoms with Crippen LogP contribution in [0.1, 0.15) is 33.6 Å². The third-order valence-corrected chi connectivity index (χ3v) is 6.69. The van der Waals surface area contributed by atoms with Crippen molar-refractivity contribution >= 4 is 35.5 Å². The molecule has 6 N–H and O–H groups in total. The van der Waals surface area contributed by atoms with E-state index in [1.807, 2.05) is 121 Å². The Labute approximate surface area is 273 Å². The van der Waals surface area contributed by atoms with Crippen molar-refractivity contribution in [2.75, 3.05) is 0 Å². The number of nitrogens with zero attached hydrogens (tertiary/aromatic N) is 4. The molecule has 44 heavy (non-hydrogen) atoms. The fourth-order valence-electron chi connectivity index (χ4n) is 4.61. The summed E-state index contributed by atoms with van der Waals surface area (Å²) in [5.74, 6) is 0.528. The molecule has 4 aromatic carbocycles. The van der Waals surface area contributed by atoms with Gasteiger partial charge >= 0.3 is 47.2 Å². The van der Waals surface area contributed by atoms with Crippen LogP contribution in [-0.4, -0.2) is 74.8 Å². The van der Waals surface area contributed by atoms with E-state index < -0.39 is 0 Å². The van der Waals surface area contributed by atoms with Gasteiger partial charge in [0.25, 0.3) is 0 Å². The Hall–Kier alpha value is -4.96. The Morgan fingerprint density at radius 1 is 0.523 bits per heavy atom. The molecular weight excluding hydrogens is 659 g/mol. The van der Waals surface area contributed by atoms with E-state index in [0.717, 1.165) is 11.4 Å². The molecule has 0 spiro atoms. The number of aromatic nitrogens is 4. The first-order valence-corrected chi connectivity index (χ1v) is 13.3. The standard InChI is InChI=1S/2C17H14N2O2.CH3.Sn.H/c2*1-12-15(16(20)13-8-4-2-5-9-13)17(21)19(18-12)14-10-6-3-7-11-14;;;/h2*2-11,21H,1H3;1H3;;/q;;-1;;/p+4. The molecule has 221 valence electrons. The monoisotopic (exact) mass is 696 g/mol. The number of hydrogen-bond donors (Lipinski definition) is 0. The number of para-hydroxylation sites is 2. The van der Waals surface area contributed by atoms with Gasteiger partial charge in [0.2, 0.25) is 11.1 Å². The number of carbonyl (C=O) groups excluding carboxylic acids is 2. The van der Waals surface area contributed by atoms with Gasteiger partial charge in [0.05, 0.1) is 33.9 Å². The molecule has 8 nitrogen and oxygen atoms in total. The van der Waals surface area contributed by atoms with Crippen molar-refractivity contribution < 1.29 is 19.8 Å². The second kappa shape index (κ2) is 15.0. The zero-order valence-corrected chi connectivity index (χ0v) is 28.1. The summed E-state index contributed by atoms with van der Waals surface area (Å²) in [7, 11) is 0. The number of hydrogen-bond acceptors (Lipinski definition) is 2. The molecule has 3 radical (unpaired) electrons. The quantitative estimate of drug-likeness (QED) is 0.106. The summed E-state index contributed by atoms with van der Waals surface area (Å²) in [6.07, 6.45) is 0. The molecule has 2 aromatic heterocycles. The Morgan fingerprint density at radius 2 is 0.795 bits per heavy atom. The summed E-state index contributed by atoms with van der Waals surface area (Å²) in [6, 6.07) is 37.4. The fraction of sp³-hybridized carbons (Fsp3) is 0.0571. The van der Waals surface area contributed by atoms with Gasteiger partial charge < -0.3 is 17.6 Å². The number of ketones is 2. The van der Waals surface area contributed by atoms with Gasteiger partial charge in [0.15, 0.2) is 0 Å². The Kier molecular flexibility index (Phi) is 11.4. The molecule has 0 fully saturated rings. The van der Waals surface area contributed by atoms with Gasteiger partial charge in [-0.15, -0.1) is 0 Å². The molecule has 0 bridgehead atoms. The molecule has 0 unspecified atom stereocenters. The SMILES string of the molecule is Cc1nn(-c2ccccc2)c([OH2+])c1C(=[OH+])c1ccccc1.Cc1nn(-c2ccccc2)c([OH2+])c1C(=[OH+])c1ccccc1.[CH3-].[SnH]. The first-order valence-electron chi connectivity index (χ1n) is 13.3. The molecule has 2 heterocycles. The topological polar surface area (TPSA) is 124 Å². The molecule has 0 saturated carbocycles. The summed E-state index contributed by atoms with van der Waals surface area (Å²) in [6.45, 7) is 3.60. The molecule has 6 rings (SSSR count). The van der Waals surface area contributed by atoms with Gasteiger partial charge in [-0.2, -0.15) is 19.6 Å². The molecule has 0 saturated heterocycles. The van der Waals surface area contributed by atoms with Gasteiger partial charge in [-0.3, -0.25) is 9.59 Å². The van der Waals surface area contributed by atoms with Crippen molar-refractivity contribution in [2.45, 2.75) is 13.8 Å². The van der Waals surface area contributed by atoms with E-state index in [-0.39, 0.29) is 54.7 Å². The first kappa shape index (κ1) is 33.5. The molecule has 0 aliphatic heterocycles. The van der Waals surface area contributed by atoms with E-state index in [1.165, 1.54) is 9.36 Å². The van der Waals surface area contributed by atoms with Crippen molar-refractivity contribution in [1.29, 1.82) is 0 Å². The minimum absolute atomic E-state index is 0. The van der Waals surface area contributed by atoms with Crippen LogP contribution >= 0.6 is 0 Å². The zero-order valence-electron chi connectivity index (χ0n) is 24.8. The van der Waals surface area contributed by atoms with Crippen LogP contribution in [0, 0.1) is 21.3 Å². The van der Waals surface area contributed by atoms with Crippen molar-refractivity contribution in [1.82, 2.24) is 19.6 Å². The Morgan fingerprint density at radius 3 is 1.09 bits per heavy atom. The summed E-state index contributed by atoms with van der Waals surface area (Å²) in [5.41, 5.74) is 5.16. The fourth-order valence-corrected chi connectivity index (χ4v) is 4.61. The van der Waals surface area contributed by atoms with Crippen molar-refractivity contribution in [2.24, 2.45) is 0 Å². The molecule has 6 aromatic rings. The molecule has 0 amide bonds. The van der Waals surface area contributed by atoms with Crippen LogP contribution in [0.25, 0.3) is 11.4 Å². The van der Waals surface area contributed by atoms with Crippen molar-refractivity contribution in [3.63, 3.8) is 0 Å². The molecule has 9 heteroatoms.